The van der Waals surface area contributed by atoms with Gasteiger partial charge in [0.05, 0.1) is 30.9 Å². The number of allylic oxidation sites excluding steroid dienone is 3. The van der Waals surface area contributed by atoms with Crippen LogP contribution < -0.4 is 41.2 Å². The van der Waals surface area contributed by atoms with Crippen molar-refractivity contribution in [2.75, 3.05) is 41.4 Å². The first-order valence-electron chi connectivity index (χ1n) is 21.1. The molecule has 314 valence electrons. The van der Waals surface area contributed by atoms with E-state index in [1.54, 1.807) is 13.2 Å². The number of aromatic hydroxyl groups is 2. The molecule has 1 spiro atoms. The summed E-state index contributed by atoms with van der Waals surface area (Å²) in [7, 11) is 7.27. The van der Waals surface area contributed by atoms with Gasteiger partial charge in [-0.15, -0.1) is 0 Å². The zero-order chi connectivity index (χ0) is 41.9. The molecular formula is C48H55N5O7. The minimum atomic E-state index is -0.656. The number of benzene rings is 3. The Morgan fingerprint density at radius 1 is 1.10 bits per heavy atom. The molecule has 1 unspecified atom stereocenters. The van der Waals surface area contributed by atoms with Gasteiger partial charge in [0.25, 0.3) is 0 Å². The van der Waals surface area contributed by atoms with Crippen molar-refractivity contribution >= 4 is 12.0 Å². The van der Waals surface area contributed by atoms with E-state index in [0.717, 1.165) is 81.6 Å². The van der Waals surface area contributed by atoms with Gasteiger partial charge in [0, 0.05) is 71.3 Å². The highest BCUT2D eigenvalue weighted by Gasteiger charge is 2.51. The summed E-state index contributed by atoms with van der Waals surface area (Å²) in [4.78, 5) is 12.7. The van der Waals surface area contributed by atoms with Gasteiger partial charge in [0.2, 0.25) is 0 Å². The molecule has 6 aliphatic rings. The molecular weight excluding hydrogens is 759 g/mol. The summed E-state index contributed by atoms with van der Waals surface area (Å²) in [5.41, 5.74) is 16.2. The summed E-state index contributed by atoms with van der Waals surface area (Å²) >= 11 is 0. The molecule has 12 nitrogen and oxygen atoms in total. The fourth-order valence-electron chi connectivity index (χ4n) is 10.9. The van der Waals surface area contributed by atoms with Gasteiger partial charge >= 0.3 is 5.97 Å². The quantitative estimate of drug-likeness (QED) is 0.119. The first-order valence-corrected chi connectivity index (χ1v) is 21.1. The Hall–Kier alpha value is -5.45. The third kappa shape index (κ3) is 6.68. The molecule has 4 heterocycles. The number of hydrogen-bond acceptors (Lipinski definition) is 12. The lowest BCUT2D eigenvalue weighted by Crippen LogP contribution is -2.45. The third-order valence-electron chi connectivity index (χ3n) is 13.5. The van der Waals surface area contributed by atoms with Gasteiger partial charge < -0.3 is 56.2 Å². The highest BCUT2D eigenvalue weighted by Crippen LogP contribution is 2.63. The van der Waals surface area contributed by atoms with E-state index in [-0.39, 0.29) is 54.2 Å². The monoisotopic (exact) mass is 813 g/mol. The number of carbonyl (C=O) groups excluding carboxylic acids is 1. The number of carbonyl (C=O) groups is 1. The van der Waals surface area contributed by atoms with Crippen LogP contribution in [0.2, 0.25) is 0 Å². The molecule has 2 aliphatic carbocycles. The fourth-order valence-corrected chi connectivity index (χ4v) is 10.9. The third-order valence-corrected chi connectivity index (χ3v) is 13.5. The average molecular weight is 814 g/mol. The number of fused-ring (bicyclic) bond motifs is 8. The number of ether oxygens (including phenoxy) is 4. The molecule has 7 atom stereocenters. The number of nitrogens with two attached hydrogens (primary N) is 1. The van der Waals surface area contributed by atoms with Crippen LogP contribution in [0.1, 0.15) is 83.6 Å². The number of esters is 1. The van der Waals surface area contributed by atoms with Crippen LogP contribution in [0.25, 0.3) is 17.2 Å². The van der Waals surface area contributed by atoms with Crippen LogP contribution in [0.15, 0.2) is 53.8 Å². The lowest BCUT2D eigenvalue weighted by molar-refractivity contribution is -0.141. The standard InChI is InChI=1S/C48H55N5O7/c1-25(54)58-24-35-31-10-11-32-41-28(18-29(55)19-38(41)57-5)21-48-16-15-26(20-48)17-27-9-14-40(49)53-36(27)8-6-7-30-34(22-50-2)44(56)47-33(42(30)45(35)60-46(31)43(32)48)12-13-37(52-4)39(59-47)23-51-3/h9-14,18-19,26,35,37,39-40,45,50-53,55-56H,7,15-17,20-24,49H2,1-5H3/t26-,35-,37-,39-,40?,45-,48-/m0/s1. The van der Waals surface area contributed by atoms with Crippen LogP contribution in [0.5, 0.6) is 28.7 Å². The summed E-state index contributed by atoms with van der Waals surface area (Å²) in [6, 6.07) is 7.68. The van der Waals surface area contributed by atoms with Crippen LogP contribution >= 0.6 is 0 Å². The minimum absolute atomic E-state index is 0.0496. The molecule has 0 aromatic heterocycles. The predicted molar refractivity (Wildman–Crippen MR) is 230 cm³/mol. The van der Waals surface area contributed by atoms with Crippen LogP contribution in [-0.2, 0) is 34.3 Å². The van der Waals surface area contributed by atoms with Crippen molar-refractivity contribution in [1.82, 2.24) is 21.3 Å². The lowest BCUT2D eigenvalue weighted by Gasteiger charge is -2.39. The first-order chi connectivity index (χ1) is 29.1. The van der Waals surface area contributed by atoms with Gasteiger partial charge in [-0.1, -0.05) is 36.3 Å². The number of nitrogens with one attached hydrogen (secondary N) is 4. The van der Waals surface area contributed by atoms with Crippen LogP contribution in [-0.4, -0.2) is 75.9 Å². The highest BCUT2D eigenvalue weighted by atomic mass is 16.5. The van der Waals surface area contributed by atoms with Gasteiger partial charge in [-0.3, -0.25) is 4.79 Å². The van der Waals surface area contributed by atoms with Crippen molar-refractivity contribution in [3.8, 4) is 51.7 Å². The van der Waals surface area contributed by atoms with E-state index >= 15 is 0 Å². The maximum absolute atomic E-state index is 12.7. The Labute approximate surface area is 351 Å². The van der Waals surface area contributed by atoms with E-state index in [1.807, 2.05) is 39.4 Å². The molecule has 3 aromatic rings. The molecule has 1 saturated carbocycles. The molecule has 60 heavy (non-hydrogen) atoms. The van der Waals surface area contributed by atoms with E-state index in [9.17, 15) is 15.0 Å². The van der Waals surface area contributed by atoms with E-state index in [0.29, 0.717) is 48.1 Å². The number of dihydropyridines is 1. The molecule has 3 aromatic carbocycles. The molecule has 4 aliphatic heterocycles. The molecule has 1 fully saturated rings. The summed E-state index contributed by atoms with van der Waals surface area (Å²) in [5.74, 6) is 8.53. The number of rotatable bonds is 8. The minimum Gasteiger partial charge on any atom is -0.508 e. The number of phenolic OH excluding ortho intramolecular Hbond substituents is 2. The van der Waals surface area contributed by atoms with Crippen molar-refractivity contribution in [3.05, 3.63) is 92.7 Å². The molecule has 4 bridgehead atoms. The van der Waals surface area contributed by atoms with Crippen molar-refractivity contribution < 1.29 is 34.0 Å². The van der Waals surface area contributed by atoms with Crippen LogP contribution in [0, 0.1) is 17.8 Å². The predicted octanol–water partition coefficient (Wildman–Crippen LogP) is 5.10. The number of phenols is 2. The van der Waals surface area contributed by atoms with E-state index in [1.165, 1.54) is 6.92 Å². The van der Waals surface area contributed by atoms with Crippen LogP contribution in [0.3, 0.4) is 0 Å². The Bertz CT molecular complexity index is 2410. The maximum Gasteiger partial charge on any atom is 0.302 e. The number of hydrogen-bond donors (Lipinski definition) is 7. The Kier molecular flexibility index (Phi) is 10.6. The second kappa shape index (κ2) is 15.9. The molecule has 0 amide bonds. The van der Waals surface area contributed by atoms with Crippen molar-refractivity contribution in [2.45, 2.75) is 87.7 Å². The summed E-state index contributed by atoms with van der Waals surface area (Å²) in [5, 5.41) is 36.7. The largest absolute Gasteiger partial charge is 0.508 e. The fraction of sp³-hybridized carbons (Fsp3) is 0.438. The van der Waals surface area contributed by atoms with Gasteiger partial charge in [0.1, 0.15) is 36.1 Å². The van der Waals surface area contributed by atoms with Crippen molar-refractivity contribution in [2.24, 2.45) is 11.7 Å². The molecule has 0 radical (unpaired) electrons. The average Bonchev–Trinajstić information content (AvgIpc) is 3.73. The normalized spacial score (nSPS) is 26.6. The molecule has 9 rings (SSSR count). The van der Waals surface area contributed by atoms with Crippen molar-refractivity contribution in [1.29, 1.82) is 0 Å². The van der Waals surface area contributed by atoms with E-state index in [2.05, 4.69) is 57.4 Å². The van der Waals surface area contributed by atoms with Crippen molar-refractivity contribution in [3.63, 3.8) is 0 Å². The summed E-state index contributed by atoms with van der Waals surface area (Å²) < 4.78 is 26.3. The van der Waals surface area contributed by atoms with E-state index < -0.39 is 12.0 Å². The molecule has 8 N–H and O–H groups in total. The van der Waals surface area contributed by atoms with E-state index in [4.69, 9.17) is 24.7 Å². The zero-order valence-corrected chi connectivity index (χ0v) is 35.0. The van der Waals surface area contributed by atoms with Crippen LogP contribution in [0.4, 0.5) is 0 Å². The second-order valence-corrected chi connectivity index (χ2v) is 17.1. The zero-order valence-electron chi connectivity index (χ0n) is 35.0. The Balaban J connectivity index is 1.36. The Morgan fingerprint density at radius 2 is 1.95 bits per heavy atom. The Morgan fingerprint density at radius 3 is 2.72 bits per heavy atom. The lowest BCUT2D eigenvalue weighted by atomic mass is 9.65. The maximum atomic E-state index is 12.7. The number of likely N-dealkylation sites (N-methyl/N-ethyl adjacent to an activating group) is 2. The smallest absolute Gasteiger partial charge is 0.302 e. The summed E-state index contributed by atoms with van der Waals surface area (Å²) in [6.07, 6.45) is 11.4. The van der Waals surface area contributed by atoms with Gasteiger partial charge in [-0.05, 0) is 99.5 Å². The molecule has 12 heteroatoms. The SMILES string of the molecule is CNCc1c(O)c2c(c3c1CC#CC1=C(C=CC(N)N1)C[C@@H]1CC[C@@]4(Cc5cc(O)cc(OC)c5-c5ccc6c(c54)O[C@H]3[C@H]6COC(C)=O)C1)C=C[C@H](NC)[C@H](CNC)O2. The number of methoxy groups -OCH3 is 1. The van der Waals surface area contributed by atoms with Gasteiger partial charge in [0.15, 0.2) is 11.5 Å². The second-order valence-electron chi connectivity index (χ2n) is 17.1. The van der Waals surface area contributed by atoms with Gasteiger partial charge in [-0.2, -0.15) is 0 Å². The summed E-state index contributed by atoms with van der Waals surface area (Å²) in [6.45, 7) is 2.37. The topological polar surface area (TPSA) is 169 Å². The highest BCUT2D eigenvalue weighted by molar-refractivity contribution is 5.85. The molecule has 0 saturated heterocycles. The van der Waals surface area contributed by atoms with Gasteiger partial charge in [-0.25, -0.2) is 0 Å². The first kappa shape index (κ1) is 40.0.